The number of hydrogen-bond donors (Lipinski definition) is 1. The van der Waals surface area contributed by atoms with Gasteiger partial charge in [0.25, 0.3) is 0 Å². The first kappa shape index (κ1) is 15.6. The van der Waals surface area contributed by atoms with Gasteiger partial charge in [0.05, 0.1) is 0 Å². The van der Waals surface area contributed by atoms with Gasteiger partial charge in [-0.3, -0.25) is 0 Å². The van der Waals surface area contributed by atoms with Crippen molar-refractivity contribution < 1.29 is 0 Å². The lowest BCUT2D eigenvalue weighted by Gasteiger charge is -2.19. The molecule has 0 aliphatic carbocycles. The summed E-state index contributed by atoms with van der Waals surface area (Å²) < 4.78 is 0. The van der Waals surface area contributed by atoms with Crippen LogP contribution in [0.4, 0.5) is 5.69 Å². The molecule has 1 N–H and O–H groups in total. The summed E-state index contributed by atoms with van der Waals surface area (Å²) in [7, 11) is 6.17. The summed E-state index contributed by atoms with van der Waals surface area (Å²) in [6.07, 6.45) is 2.11. The van der Waals surface area contributed by atoms with E-state index in [9.17, 15) is 0 Å². The third kappa shape index (κ3) is 4.08. The van der Waals surface area contributed by atoms with Gasteiger partial charge in [-0.1, -0.05) is 43.3 Å². The van der Waals surface area contributed by atoms with Crippen molar-refractivity contribution in [3.8, 4) is 0 Å². The summed E-state index contributed by atoms with van der Waals surface area (Å²) >= 11 is 0. The second-order valence-corrected chi connectivity index (χ2v) is 5.70. The second kappa shape index (κ2) is 7.28. The van der Waals surface area contributed by atoms with Crippen LogP contribution in [0.3, 0.4) is 0 Å². The van der Waals surface area contributed by atoms with E-state index in [1.807, 2.05) is 7.05 Å². The van der Waals surface area contributed by atoms with Crippen molar-refractivity contribution in [1.82, 2.24) is 5.32 Å². The van der Waals surface area contributed by atoms with Gasteiger partial charge in [-0.05, 0) is 48.7 Å². The molecular formula is C19H26N2. The third-order valence-electron chi connectivity index (χ3n) is 4.03. The van der Waals surface area contributed by atoms with Crippen molar-refractivity contribution in [3.05, 3.63) is 65.2 Å². The molecule has 0 aliphatic rings. The fraction of sp³-hybridized carbons (Fsp3) is 0.368. The molecule has 2 heteroatoms. The fourth-order valence-electron chi connectivity index (χ4n) is 2.54. The Hall–Kier alpha value is -1.80. The van der Waals surface area contributed by atoms with E-state index in [2.05, 4.69) is 79.8 Å². The van der Waals surface area contributed by atoms with Gasteiger partial charge in [0.15, 0.2) is 0 Å². The van der Waals surface area contributed by atoms with Crippen LogP contribution in [0.5, 0.6) is 0 Å². The standard InChI is InChI=1S/C19H26N2/c1-5-15-6-8-16(9-7-15)14-19(20-2)17-10-12-18(13-11-17)21(3)4/h6-13,19-20H,5,14H2,1-4H3. The van der Waals surface area contributed by atoms with Gasteiger partial charge in [-0.2, -0.15) is 0 Å². The van der Waals surface area contributed by atoms with Crippen LogP contribution in [0.1, 0.15) is 29.7 Å². The van der Waals surface area contributed by atoms with Crippen LogP contribution in [0.15, 0.2) is 48.5 Å². The molecule has 112 valence electrons. The average molecular weight is 282 g/mol. The summed E-state index contributed by atoms with van der Waals surface area (Å²) in [5.74, 6) is 0. The number of rotatable bonds is 6. The summed E-state index contributed by atoms with van der Waals surface area (Å²) in [5.41, 5.74) is 5.35. The molecule has 0 spiro atoms. The van der Waals surface area contributed by atoms with Crippen LogP contribution in [0.2, 0.25) is 0 Å². The first-order valence-corrected chi connectivity index (χ1v) is 7.66. The molecule has 21 heavy (non-hydrogen) atoms. The van der Waals surface area contributed by atoms with E-state index < -0.39 is 0 Å². The van der Waals surface area contributed by atoms with Crippen LogP contribution in [0.25, 0.3) is 0 Å². The molecule has 0 bridgehead atoms. The first-order chi connectivity index (χ1) is 10.1. The minimum Gasteiger partial charge on any atom is -0.378 e. The predicted molar refractivity (Wildman–Crippen MR) is 92.1 cm³/mol. The molecule has 0 aliphatic heterocycles. The van der Waals surface area contributed by atoms with Crippen LogP contribution < -0.4 is 10.2 Å². The lowest BCUT2D eigenvalue weighted by atomic mass is 9.97. The largest absolute Gasteiger partial charge is 0.378 e. The van der Waals surface area contributed by atoms with Crippen LogP contribution >= 0.6 is 0 Å². The summed E-state index contributed by atoms with van der Waals surface area (Å²) in [6.45, 7) is 2.19. The molecule has 2 rings (SSSR count). The number of aryl methyl sites for hydroxylation is 1. The van der Waals surface area contributed by atoms with Gasteiger partial charge in [0.1, 0.15) is 0 Å². The maximum Gasteiger partial charge on any atom is 0.0361 e. The lowest BCUT2D eigenvalue weighted by molar-refractivity contribution is 0.592. The molecule has 0 aromatic heterocycles. The zero-order valence-electron chi connectivity index (χ0n) is 13.6. The van der Waals surface area contributed by atoms with Crippen LogP contribution in [-0.4, -0.2) is 21.1 Å². The molecule has 2 nitrogen and oxygen atoms in total. The van der Waals surface area contributed by atoms with E-state index in [1.165, 1.54) is 22.4 Å². The Kier molecular flexibility index (Phi) is 5.40. The number of anilines is 1. The maximum atomic E-state index is 3.43. The predicted octanol–water partition coefficient (Wildman–Crippen LogP) is 3.82. The highest BCUT2D eigenvalue weighted by Gasteiger charge is 2.10. The molecule has 2 aromatic rings. The van der Waals surface area contributed by atoms with Gasteiger partial charge in [-0.15, -0.1) is 0 Å². The van der Waals surface area contributed by atoms with Gasteiger partial charge in [-0.25, -0.2) is 0 Å². The molecule has 1 atom stereocenters. The molecular weight excluding hydrogens is 256 g/mol. The molecule has 0 saturated heterocycles. The molecule has 0 saturated carbocycles. The minimum absolute atomic E-state index is 0.355. The summed E-state index contributed by atoms with van der Waals surface area (Å²) in [5, 5.41) is 3.43. The molecule has 0 heterocycles. The summed E-state index contributed by atoms with van der Waals surface area (Å²) in [6, 6.07) is 18.1. The van der Waals surface area contributed by atoms with Crippen molar-refractivity contribution in [2.24, 2.45) is 0 Å². The Morgan fingerprint density at radius 2 is 1.48 bits per heavy atom. The smallest absolute Gasteiger partial charge is 0.0361 e. The van der Waals surface area contributed by atoms with Gasteiger partial charge < -0.3 is 10.2 Å². The Labute approximate surface area is 128 Å². The molecule has 0 amide bonds. The van der Waals surface area contributed by atoms with Gasteiger partial charge in [0, 0.05) is 25.8 Å². The van der Waals surface area contributed by atoms with E-state index >= 15 is 0 Å². The monoisotopic (exact) mass is 282 g/mol. The highest BCUT2D eigenvalue weighted by Crippen LogP contribution is 2.21. The van der Waals surface area contributed by atoms with E-state index in [0.29, 0.717) is 6.04 Å². The van der Waals surface area contributed by atoms with E-state index in [1.54, 1.807) is 0 Å². The SMILES string of the molecule is CCc1ccc(CC(NC)c2ccc(N(C)C)cc2)cc1. The molecule has 1 unspecified atom stereocenters. The fourth-order valence-corrected chi connectivity index (χ4v) is 2.54. The van der Waals surface area contributed by atoms with Crippen molar-refractivity contribution in [1.29, 1.82) is 0 Å². The maximum absolute atomic E-state index is 3.43. The number of nitrogens with zero attached hydrogens (tertiary/aromatic N) is 1. The number of hydrogen-bond acceptors (Lipinski definition) is 2. The summed E-state index contributed by atoms with van der Waals surface area (Å²) in [4.78, 5) is 2.13. The second-order valence-electron chi connectivity index (χ2n) is 5.70. The van der Waals surface area contributed by atoms with Gasteiger partial charge >= 0.3 is 0 Å². The van der Waals surface area contributed by atoms with Gasteiger partial charge in [0.2, 0.25) is 0 Å². The van der Waals surface area contributed by atoms with E-state index in [-0.39, 0.29) is 0 Å². The Morgan fingerprint density at radius 1 is 0.905 bits per heavy atom. The van der Waals surface area contributed by atoms with E-state index in [0.717, 1.165) is 12.8 Å². The van der Waals surface area contributed by atoms with Crippen molar-refractivity contribution >= 4 is 5.69 Å². The Bertz CT molecular complexity index is 541. The van der Waals surface area contributed by atoms with Crippen LogP contribution in [0, 0.1) is 0 Å². The van der Waals surface area contributed by atoms with Crippen LogP contribution in [-0.2, 0) is 12.8 Å². The Balaban J connectivity index is 2.11. The first-order valence-electron chi connectivity index (χ1n) is 7.66. The zero-order valence-corrected chi connectivity index (χ0v) is 13.6. The lowest BCUT2D eigenvalue weighted by Crippen LogP contribution is -2.19. The topological polar surface area (TPSA) is 15.3 Å². The van der Waals surface area contributed by atoms with E-state index in [4.69, 9.17) is 0 Å². The quantitative estimate of drug-likeness (QED) is 0.866. The van der Waals surface area contributed by atoms with Crippen molar-refractivity contribution in [2.75, 3.05) is 26.0 Å². The number of benzene rings is 2. The molecule has 2 aromatic carbocycles. The minimum atomic E-state index is 0.355. The highest BCUT2D eigenvalue weighted by molar-refractivity contribution is 5.46. The number of nitrogens with one attached hydrogen (secondary N) is 1. The van der Waals surface area contributed by atoms with Crippen molar-refractivity contribution in [2.45, 2.75) is 25.8 Å². The third-order valence-corrected chi connectivity index (χ3v) is 4.03. The zero-order chi connectivity index (χ0) is 15.2. The highest BCUT2D eigenvalue weighted by atomic mass is 15.1. The molecule has 0 fully saturated rings. The molecule has 0 radical (unpaired) electrons. The average Bonchev–Trinajstić information content (AvgIpc) is 2.53. The normalized spacial score (nSPS) is 12.2. The Morgan fingerprint density at radius 3 is 1.95 bits per heavy atom. The van der Waals surface area contributed by atoms with Crippen molar-refractivity contribution in [3.63, 3.8) is 0 Å². The number of likely N-dealkylation sites (N-methyl/N-ethyl adjacent to an activating group) is 1.